The maximum Gasteiger partial charge on any atom is 0.339 e. The molecule has 0 aromatic heterocycles. The number of ketones is 1. The molecule has 2 aromatic carbocycles. The number of hydrogen-bond acceptors (Lipinski definition) is 5. The van der Waals surface area contributed by atoms with Crippen molar-refractivity contribution in [3.8, 4) is 0 Å². The first-order chi connectivity index (χ1) is 12.2. The fraction of sp³-hybridized carbons (Fsp3) is 0.381. The van der Waals surface area contributed by atoms with Gasteiger partial charge in [0, 0.05) is 5.92 Å². The Kier molecular flexibility index (Phi) is 6.14. The zero-order chi connectivity index (χ0) is 19.3. The molecule has 0 aliphatic rings. The average Bonchev–Trinajstić information content (AvgIpc) is 2.57. The summed E-state index contributed by atoms with van der Waals surface area (Å²) in [4.78, 5) is 36.3. The summed E-state index contributed by atoms with van der Waals surface area (Å²) in [5.74, 6) is -1.90. The molecule has 2 aromatic rings. The summed E-state index contributed by atoms with van der Waals surface area (Å²) >= 11 is 0. The highest BCUT2D eigenvalue weighted by Crippen LogP contribution is 2.19. The number of esters is 2. The molecule has 0 saturated carbocycles. The van der Waals surface area contributed by atoms with Gasteiger partial charge in [-0.25, -0.2) is 4.79 Å². The largest absolute Gasteiger partial charge is 0.460 e. The highest BCUT2D eigenvalue weighted by molar-refractivity contribution is 6.05. The van der Waals surface area contributed by atoms with Crippen LogP contribution >= 0.6 is 0 Å². The fourth-order valence-corrected chi connectivity index (χ4v) is 2.51. The minimum Gasteiger partial charge on any atom is -0.460 e. The fourth-order valence-electron chi connectivity index (χ4n) is 2.51. The molecule has 5 nitrogen and oxygen atoms in total. The zero-order valence-electron chi connectivity index (χ0n) is 15.6. The van der Waals surface area contributed by atoms with Crippen LogP contribution in [0.15, 0.2) is 42.5 Å². The minimum atomic E-state index is -0.597. The third-order valence-electron chi connectivity index (χ3n) is 3.80. The number of Topliss-reactive ketones (excluding diaryl/α,β-unsaturated/α-hetero) is 1. The van der Waals surface area contributed by atoms with Crippen LogP contribution in [0.2, 0.25) is 0 Å². The normalized spacial score (nSPS) is 12.5. The smallest absolute Gasteiger partial charge is 0.339 e. The van der Waals surface area contributed by atoms with Gasteiger partial charge in [0.2, 0.25) is 0 Å². The zero-order valence-corrected chi connectivity index (χ0v) is 15.6. The molecule has 5 heteroatoms. The third-order valence-corrected chi connectivity index (χ3v) is 3.80. The number of ether oxygens (including phenoxy) is 2. The van der Waals surface area contributed by atoms with Gasteiger partial charge in [-0.1, -0.05) is 43.3 Å². The molecule has 2 rings (SSSR count). The van der Waals surface area contributed by atoms with Gasteiger partial charge in [0.25, 0.3) is 0 Å². The van der Waals surface area contributed by atoms with E-state index < -0.39 is 23.5 Å². The van der Waals surface area contributed by atoms with E-state index in [9.17, 15) is 14.4 Å². The van der Waals surface area contributed by atoms with Crippen molar-refractivity contribution in [2.24, 2.45) is 5.92 Å². The van der Waals surface area contributed by atoms with E-state index in [1.54, 1.807) is 39.8 Å². The summed E-state index contributed by atoms with van der Waals surface area (Å²) in [5.41, 5.74) is -0.184. The summed E-state index contributed by atoms with van der Waals surface area (Å²) in [6.45, 7) is 6.56. The summed E-state index contributed by atoms with van der Waals surface area (Å²) < 4.78 is 10.4. The molecule has 0 radical (unpaired) electrons. The second kappa shape index (κ2) is 8.13. The van der Waals surface area contributed by atoms with E-state index in [1.165, 1.54) is 0 Å². The van der Waals surface area contributed by atoms with Crippen molar-refractivity contribution in [1.82, 2.24) is 0 Å². The van der Waals surface area contributed by atoms with Gasteiger partial charge in [-0.05, 0) is 37.6 Å². The lowest BCUT2D eigenvalue weighted by molar-refractivity contribution is -0.157. The molecule has 0 N–H and O–H groups in total. The van der Waals surface area contributed by atoms with E-state index in [2.05, 4.69) is 0 Å². The predicted molar refractivity (Wildman–Crippen MR) is 98.9 cm³/mol. The Hall–Kier alpha value is -2.69. The summed E-state index contributed by atoms with van der Waals surface area (Å²) in [6.07, 6.45) is -0.0398. The van der Waals surface area contributed by atoms with Gasteiger partial charge in [0.1, 0.15) is 5.60 Å². The maximum atomic E-state index is 12.3. The van der Waals surface area contributed by atoms with Crippen LogP contribution in [0.1, 0.15) is 44.5 Å². The SMILES string of the molecule is C[C@@H](CC(=O)OC(C)(C)C)C(=O)COC(=O)c1cccc2ccccc12. The second-order valence-corrected chi connectivity index (χ2v) is 7.26. The number of hydrogen-bond donors (Lipinski definition) is 0. The van der Waals surface area contributed by atoms with Crippen LogP contribution in [-0.4, -0.2) is 29.9 Å². The Morgan fingerprint density at radius 3 is 2.35 bits per heavy atom. The van der Waals surface area contributed by atoms with Gasteiger partial charge in [0.05, 0.1) is 12.0 Å². The minimum absolute atomic E-state index is 0.0398. The summed E-state index contributed by atoms with van der Waals surface area (Å²) in [7, 11) is 0. The molecular weight excluding hydrogens is 332 g/mol. The van der Waals surface area contributed by atoms with Crippen LogP contribution in [0, 0.1) is 5.92 Å². The van der Waals surface area contributed by atoms with Crippen molar-refractivity contribution in [2.75, 3.05) is 6.61 Å². The molecule has 0 fully saturated rings. The number of carbonyl (C=O) groups is 3. The molecule has 138 valence electrons. The van der Waals surface area contributed by atoms with Crippen molar-refractivity contribution in [1.29, 1.82) is 0 Å². The molecule has 1 atom stereocenters. The first kappa shape index (κ1) is 19.6. The van der Waals surface area contributed by atoms with Gasteiger partial charge >= 0.3 is 11.9 Å². The van der Waals surface area contributed by atoms with E-state index in [0.717, 1.165) is 10.8 Å². The molecule has 0 heterocycles. The monoisotopic (exact) mass is 356 g/mol. The summed E-state index contributed by atoms with van der Waals surface area (Å²) in [5, 5.41) is 1.70. The lowest BCUT2D eigenvalue weighted by Crippen LogP contribution is -2.28. The van der Waals surface area contributed by atoms with Gasteiger partial charge in [-0.15, -0.1) is 0 Å². The van der Waals surface area contributed by atoms with Gasteiger partial charge in [0.15, 0.2) is 12.4 Å². The van der Waals surface area contributed by atoms with E-state index in [1.807, 2.05) is 30.3 Å². The molecule has 0 aliphatic heterocycles. The molecule has 0 bridgehead atoms. The quantitative estimate of drug-likeness (QED) is 0.734. The molecule has 0 saturated heterocycles. The van der Waals surface area contributed by atoms with Crippen molar-refractivity contribution < 1.29 is 23.9 Å². The second-order valence-electron chi connectivity index (χ2n) is 7.26. The number of benzene rings is 2. The predicted octanol–water partition coefficient (Wildman–Crippen LogP) is 3.93. The molecular formula is C21H24O5. The van der Waals surface area contributed by atoms with Crippen molar-refractivity contribution >= 4 is 28.5 Å². The Balaban J connectivity index is 1.94. The Labute approximate surface area is 153 Å². The highest BCUT2D eigenvalue weighted by atomic mass is 16.6. The van der Waals surface area contributed by atoms with E-state index in [-0.39, 0.29) is 18.8 Å². The molecule has 0 unspecified atom stereocenters. The van der Waals surface area contributed by atoms with Crippen molar-refractivity contribution in [2.45, 2.75) is 39.7 Å². The van der Waals surface area contributed by atoms with Crippen LogP contribution in [0.5, 0.6) is 0 Å². The lowest BCUT2D eigenvalue weighted by atomic mass is 10.0. The van der Waals surface area contributed by atoms with Crippen LogP contribution in [0.25, 0.3) is 10.8 Å². The van der Waals surface area contributed by atoms with Crippen molar-refractivity contribution in [3.05, 3.63) is 48.0 Å². The molecule has 0 spiro atoms. The first-order valence-electron chi connectivity index (χ1n) is 8.57. The van der Waals surface area contributed by atoms with Crippen LogP contribution < -0.4 is 0 Å². The highest BCUT2D eigenvalue weighted by Gasteiger charge is 2.23. The van der Waals surface area contributed by atoms with Crippen LogP contribution in [0.3, 0.4) is 0 Å². The van der Waals surface area contributed by atoms with Gasteiger partial charge in [-0.2, -0.15) is 0 Å². The molecule has 0 amide bonds. The van der Waals surface area contributed by atoms with Gasteiger partial charge in [-0.3, -0.25) is 9.59 Å². The lowest BCUT2D eigenvalue weighted by Gasteiger charge is -2.20. The van der Waals surface area contributed by atoms with E-state index in [0.29, 0.717) is 5.56 Å². The first-order valence-corrected chi connectivity index (χ1v) is 8.57. The average molecular weight is 356 g/mol. The molecule has 26 heavy (non-hydrogen) atoms. The number of rotatable bonds is 6. The Morgan fingerprint density at radius 1 is 1.00 bits per heavy atom. The number of fused-ring (bicyclic) bond motifs is 1. The third kappa shape index (κ3) is 5.41. The van der Waals surface area contributed by atoms with E-state index >= 15 is 0 Å². The molecule has 0 aliphatic carbocycles. The maximum absolute atomic E-state index is 12.3. The Bertz CT molecular complexity index is 811. The standard InChI is InChI=1S/C21H24O5/c1-14(12-19(23)26-21(2,3)4)18(22)13-25-20(24)17-11-7-9-15-8-5-6-10-16(15)17/h5-11,14H,12-13H2,1-4H3/t14-/m0/s1. The Morgan fingerprint density at radius 2 is 1.65 bits per heavy atom. The van der Waals surface area contributed by atoms with Crippen LogP contribution in [-0.2, 0) is 19.1 Å². The topological polar surface area (TPSA) is 69.7 Å². The summed E-state index contributed by atoms with van der Waals surface area (Å²) in [6, 6.07) is 12.8. The van der Waals surface area contributed by atoms with Gasteiger partial charge < -0.3 is 9.47 Å². The van der Waals surface area contributed by atoms with Crippen molar-refractivity contribution in [3.63, 3.8) is 0 Å². The number of carbonyl (C=O) groups excluding carboxylic acids is 3. The van der Waals surface area contributed by atoms with E-state index in [4.69, 9.17) is 9.47 Å². The van der Waals surface area contributed by atoms with Crippen LogP contribution in [0.4, 0.5) is 0 Å².